The number of allylic oxidation sites excluding steroid dienone is 2. The van der Waals surface area contributed by atoms with Crippen molar-refractivity contribution in [3.63, 3.8) is 0 Å². The summed E-state index contributed by atoms with van der Waals surface area (Å²) >= 11 is 0. The molecule has 0 bridgehead atoms. The largest absolute Gasteiger partial charge is 0.512 e. The third-order valence-electron chi connectivity index (χ3n) is 5.35. The minimum absolute atomic E-state index is 0. The summed E-state index contributed by atoms with van der Waals surface area (Å²) in [6.45, 7) is 11.1. The van der Waals surface area contributed by atoms with Crippen LogP contribution in [0.1, 0.15) is 41.5 Å². The Labute approximate surface area is 219 Å². The summed E-state index contributed by atoms with van der Waals surface area (Å²) in [4.78, 5) is 19.7. The van der Waals surface area contributed by atoms with Gasteiger partial charge < -0.3 is 10.1 Å². The second kappa shape index (κ2) is 11.2. The van der Waals surface area contributed by atoms with Gasteiger partial charge in [-0.1, -0.05) is 53.7 Å². The first-order valence-electron chi connectivity index (χ1n) is 11.1. The monoisotopic (exact) mass is 650 g/mol. The van der Waals surface area contributed by atoms with Crippen molar-refractivity contribution >= 4 is 27.3 Å². The number of hydrogen-bond donors (Lipinski definition) is 1. The van der Waals surface area contributed by atoms with Crippen molar-refractivity contribution in [2.75, 3.05) is 0 Å². The molecule has 2 aromatic heterocycles. The second-order valence-electron chi connectivity index (χ2n) is 10.2. The number of pyridine rings is 2. The van der Waals surface area contributed by atoms with E-state index in [1.165, 1.54) is 12.1 Å². The molecule has 0 amide bonds. The van der Waals surface area contributed by atoms with Gasteiger partial charge in [0.25, 0.3) is 0 Å². The number of benzene rings is 2. The maximum absolute atomic E-state index is 13.3. The molecule has 0 aliphatic carbocycles. The topological polar surface area (TPSA) is 63.1 Å². The molecule has 4 rings (SSSR count). The summed E-state index contributed by atoms with van der Waals surface area (Å²) < 4.78 is 13.3. The molecule has 0 saturated carbocycles. The number of carbonyl (C=O) groups excluding carboxylic acids is 1. The molecule has 0 aliphatic rings. The number of rotatable bonds is 2. The van der Waals surface area contributed by atoms with E-state index in [2.05, 4.69) is 16.0 Å². The normalized spacial score (nSPS) is 12.0. The first-order valence-corrected chi connectivity index (χ1v) is 11.1. The molecule has 1 radical (unpaired) electrons. The van der Waals surface area contributed by atoms with Crippen LogP contribution in [0.25, 0.3) is 32.8 Å². The van der Waals surface area contributed by atoms with Crippen molar-refractivity contribution in [2.24, 2.45) is 10.8 Å². The number of ketones is 1. The summed E-state index contributed by atoms with van der Waals surface area (Å²) in [5, 5.41) is 13.4. The number of nitrogens with zero attached hydrogens (tertiary/aromatic N) is 2. The summed E-state index contributed by atoms with van der Waals surface area (Å²) in [5.74, 6) is -0.361. The molecule has 35 heavy (non-hydrogen) atoms. The Morgan fingerprint density at radius 3 is 2.26 bits per heavy atom. The Hall–Kier alpha value is -2.95. The molecule has 1 N–H and O–H groups in total. The van der Waals surface area contributed by atoms with E-state index in [9.17, 15) is 14.3 Å². The van der Waals surface area contributed by atoms with E-state index < -0.39 is 11.4 Å². The summed E-state index contributed by atoms with van der Waals surface area (Å²) in [5.41, 5.74) is 1.05. The van der Waals surface area contributed by atoms with Crippen LogP contribution in [-0.2, 0) is 24.9 Å². The maximum atomic E-state index is 13.3. The molecule has 0 atom stereocenters. The predicted octanol–water partition coefficient (Wildman–Crippen LogP) is 7.48. The van der Waals surface area contributed by atoms with Gasteiger partial charge in [-0.2, -0.15) is 4.39 Å². The van der Waals surface area contributed by atoms with E-state index in [1.54, 1.807) is 12.4 Å². The Bertz CT molecular complexity index is 1350. The van der Waals surface area contributed by atoms with Crippen molar-refractivity contribution in [3.8, 4) is 11.3 Å². The van der Waals surface area contributed by atoms with Crippen molar-refractivity contribution in [1.82, 2.24) is 9.97 Å². The van der Waals surface area contributed by atoms with Gasteiger partial charge in [0.1, 0.15) is 5.76 Å². The second-order valence-corrected chi connectivity index (χ2v) is 10.2. The van der Waals surface area contributed by atoms with E-state index in [4.69, 9.17) is 0 Å². The van der Waals surface area contributed by atoms with Crippen molar-refractivity contribution in [3.05, 3.63) is 84.8 Å². The smallest absolute Gasteiger partial charge is 0.213 e. The van der Waals surface area contributed by atoms with Crippen LogP contribution in [-0.4, -0.2) is 20.9 Å². The van der Waals surface area contributed by atoms with Gasteiger partial charge in [0.15, 0.2) is 5.78 Å². The minimum Gasteiger partial charge on any atom is -0.512 e. The van der Waals surface area contributed by atoms with Gasteiger partial charge >= 0.3 is 0 Å². The van der Waals surface area contributed by atoms with E-state index in [0.717, 1.165) is 32.8 Å². The van der Waals surface area contributed by atoms with Crippen LogP contribution in [0.4, 0.5) is 4.39 Å². The van der Waals surface area contributed by atoms with E-state index in [0.29, 0.717) is 0 Å². The molecule has 185 valence electrons. The number of fused-ring (bicyclic) bond motifs is 3. The first-order chi connectivity index (χ1) is 15.9. The molecule has 6 heteroatoms. The molecule has 0 saturated heterocycles. The number of aliphatic hydroxyl groups excluding tert-OH is 1. The van der Waals surface area contributed by atoms with Gasteiger partial charge in [-0.15, -0.1) is 35.9 Å². The fourth-order valence-electron chi connectivity index (χ4n) is 3.17. The van der Waals surface area contributed by atoms with Crippen molar-refractivity contribution in [2.45, 2.75) is 41.5 Å². The summed E-state index contributed by atoms with van der Waals surface area (Å²) in [6.07, 6.45) is 4.67. The third kappa shape index (κ3) is 7.03. The maximum Gasteiger partial charge on any atom is 0.213 e. The van der Waals surface area contributed by atoms with Crippen LogP contribution in [0, 0.1) is 22.8 Å². The summed E-state index contributed by atoms with van der Waals surface area (Å²) in [7, 11) is 0. The Morgan fingerprint density at radius 2 is 1.66 bits per heavy atom. The van der Waals surface area contributed by atoms with Gasteiger partial charge in [-0.05, 0) is 27.9 Å². The molecule has 4 aromatic rings. The third-order valence-corrected chi connectivity index (χ3v) is 5.35. The van der Waals surface area contributed by atoms with Crippen molar-refractivity contribution < 1.29 is 34.4 Å². The van der Waals surface area contributed by atoms with Gasteiger partial charge in [0.2, 0.25) is 5.95 Å². The molecule has 0 aliphatic heterocycles. The van der Waals surface area contributed by atoms with Crippen LogP contribution in [0.2, 0.25) is 0 Å². The number of aromatic nitrogens is 2. The fraction of sp³-hybridized carbons (Fsp3) is 0.276. The Morgan fingerprint density at radius 1 is 0.943 bits per heavy atom. The van der Waals surface area contributed by atoms with Gasteiger partial charge in [0.05, 0.1) is 0 Å². The number of hydrogen-bond acceptors (Lipinski definition) is 4. The van der Waals surface area contributed by atoms with Crippen LogP contribution in [0.15, 0.2) is 72.8 Å². The first kappa shape index (κ1) is 28.3. The van der Waals surface area contributed by atoms with Crippen molar-refractivity contribution in [1.29, 1.82) is 0 Å². The minimum atomic E-state index is -0.465. The SMILES string of the molecule is CC(C)(C)C(=O)/C=C(\O)C(C)(C)C.Fc1cc2ccc3c(-c4[c-]cccc4)nccc3c2cn1.[Ir]. The fourth-order valence-corrected chi connectivity index (χ4v) is 3.17. The molecule has 0 spiro atoms. The van der Waals surface area contributed by atoms with Crippen LogP contribution < -0.4 is 0 Å². The molecule has 0 fully saturated rings. The van der Waals surface area contributed by atoms with E-state index in [1.807, 2.05) is 84.0 Å². The molecular weight excluding hydrogens is 620 g/mol. The molecule has 0 unspecified atom stereocenters. The van der Waals surface area contributed by atoms with E-state index in [-0.39, 0.29) is 37.1 Å². The average molecular weight is 650 g/mol. The standard InChI is InChI=1S/C18H10FN2.C11H20O2.Ir/c19-17-10-13-6-7-15-14(16(13)11-21-17)8-9-20-18(15)12-4-2-1-3-5-12;1-10(2,3)8(12)7-9(13)11(4,5)6;/h1-4,6-11H;7,12H,1-6H3;/q-1;;/b;8-7-;. The van der Waals surface area contributed by atoms with E-state index >= 15 is 0 Å². The summed E-state index contributed by atoms with van der Waals surface area (Å²) in [6, 6.07) is 18.2. The zero-order valence-electron chi connectivity index (χ0n) is 20.8. The molecule has 2 aromatic carbocycles. The quantitative estimate of drug-likeness (QED) is 0.0805. The number of halogens is 1. The van der Waals surface area contributed by atoms with Crippen LogP contribution in [0.5, 0.6) is 0 Å². The van der Waals surface area contributed by atoms with Gasteiger partial charge in [0, 0.05) is 60.9 Å². The Balaban J connectivity index is 0.000000271. The molecule has 4 nitrogen and oxygen atoms in total. The van der Waals surface area contributed by atoms with Crippen LogP contribution in [0.3, 0.4) is 0 Å². The Kier molecular flexibility index (Phi) is 9.05. The average Bonchev–Trinajstić information content (AvgIpc) is 2.78. The van der Waals surface area contributed by atoms with Crippen LogP contribution >= 0.6 is 0 Å². The number of aliphatic hydroxyl groups is 1. The number of carbonyl (C=O) groups is 1. The van der Waals surface area contributed by atoms with Gasteiger partial charge in [-0.25, -0.2) is 4.98 Å². The zero-order valence-corrected chi connectivity index (χ0v) is 23.2. The van der Waals surface area contributed by atoms with Gasteiger partial charge in [-0.3, -0.25) is 4.79 Å². The molecule has 2 heterocycles. The predicted molar refractivity (Wildman–Crippen MR) is 136 cm³/mol. The molecular formula is C29H30FIrN2O2-. The zero-order chi connectivity index (χ0) is 25.1.